The highest BCUT2D eigenvalue weighted by Gasteiger charge is 2.14. The fourth-order valence-electron chi connectivity index (χ4n) is 2.76. The summed E-state index contributed by atoms with van der Waals surface area (Å²) in [4.78, 5) is 26.9. The van der Waals surface area contributed by atoms with Crippen molar-refractivity contribution < 1.29 is 18.7 Å². The van der Waals surface area contributed by atoms with Gasteiger partial charge in [-0.3, -0.25) is 4.79 Å². The third-order valence-electron chi connectivity index (χ3n) is 4.01. The molecule has 0 bridgehead atoms. The minimum absolute atomic E-state index is 0.119. The molecular weight excluding hydrogens is 323 g/mol. The lowest BCUT2D eigenvalue weighted by atomic mass is 10.1. The third kappa shape index (κ3) is 3.52. The minimum atomic E-state index is -0.436. The van der Waals surface area contributed by atoms with Crippen molar-refractivity contribution in [3.8, 4) is 0 Å². The molecule has 0 saturated heterocycles. The highest BCUT2D eigenvalue weighted by atomic mass is 19.1. The summed E-state index contributed by atoms with van der Waals surface area (Å²) in [7, 11) is 1.31. The molecule has 25 heavy (non-hydrogen) atoms. The fourth-order valence-corrected chi connectivity index (χ4v) is 2.76. The second-order valence-corrected chi connectivity index (χ2v) is 5.71. The zero-order valence-electron chi connectivity index (χ0n) is 13.9. The van der Waals surface area contributed by atoms with Crippen LogP contribution < -0.4 is 5.32 Å². The van der Waals surface area contributed by atoms with E-state index in [0.717, 1.165) is 16.8 Å². The van der Waals surface area contributed by atoms with Crippen molar-refractivity contribution in [2.24, 2.45) is 0 Å². The Kier molecular flexibility index (Phi) is 4.52. The summed E-state index contributed by atoms with van der Waals surface area (Å²) < 4.78 is 18.1. The molecule has 3 rings (SSSR count). The third-order valence-corrected chi connectivity index (χ3v) is 4.01. The van der Waals surface area contributed by atoms with E-state index in [2.05, 4.69) is 15.0 Å². The normalized spacial score (nSPS) is 10.7. The number of H-pyrrole nitrogens is 1. The number of anilines is 1. The topological polar surface area (TPSA) is 71.2 Å². The van der Waals surface area contributed by atoms with Crippen LogP contribution in [0.1, 0.15) is 21.6 Å². The molecule has 3 aromatic rings. The molecule has 2 aromatic carbocycles. The van der Waals surface area contributed by atoms with Crippen molar-refractivity contribution in [1.29, 1.82) is 0 Å². The molecule has 0 saturated carbocycles. The summed E-state index contributed by atoms with van der Waals surface area (Å²) in [5.74, 6) is -1.00. The molecule has 1 amide bonds. The first-order chi connectivity index (χ1) is 12.0. The van der Waals surface area contributed by atoms with Gasteiger partial charge in [0.15, 0.2) is 0 Å². The van der Waals surface area contributed by atoms with E-state index in [0.29, 0.717) is 16.6 Å². The Morgan fingerprint density at radius 3 is 2.56 bits per heavy atom. The first-order valence-corrected chi connectivity index (χ1v) is 7.73. The maximum Gasteiger partial charge on any atom is 0.337 e. The molecule has 0 atom stereocenters. The smallest absolute Gasteiger partial charge is 0.337 e. The van der Waals surface area contributed by atoms with Gasteiger partial charge in [0.2, 0.25) is 5.91 Å². The predicted octanol–water partition coefficient (Wildman–Crippen LogP) is 3.58. The van der Waals surface area contributed by atoms with Crippen molar-refractivity contribution in [2.75, 3.05) is 12.4 Å². The number of amides is 1. The number of fused-ring (bicyclic) bond motifs is 1. The monoisotopic (exact) mass is 340 g/mol. The Hall–Kier alpha value is -3.15. The number of halogens is 1. The molecule has 0 aliphatic rings. The highest BCUT2D eigenvalue weighted by Crippen LogP contribution is 2.24. The van der Waals surface area contributed by atoms with Crippen molar-refractivity contribution >= 4 is 28.5 Å². The van der Waals surface area contributed by atoms with E-state index in [1.54, 1.807) is 30.3 Å². The maximum absolute atomic E-state index is 13.5. The van der Waals surface area contributed by atoms with Crippen LogP contribution in [0.15, 0.2) is 42.5 Å². The summed E-state index contributed by atoms with van der Waals surface area (Å²) >= 11 is 0. The number of hydrogen-bond donors (Lipinski definition) is 2. The molecule has 0 aliphatic heterocycles. The van der Waals surface area contributed by atoms with Gasteiger partial charge < -0.3 is 15.0 Å². The van der Waals surface area contributed by atoms with Gasteiger partial charge >= 0.3 is 5.97 Å². The number of carbonyl (C=O) groups excluding carboxylic acids is 2. The number of carbonyl (C=O) groups is 2. The van der Waals surface area contributed by atoms with E-state index < -0.39 is 5.97 Å². The van der Waals surface area contributed by atoms with Crippen LogP contribution in [0.3, 0.4) is 0 Å². The Balaban J connectivity index is 1.76. The Morgan fingerprint density at radius 1 is 1.16 bits per heavy atom. The van der Waals surface area contributed by atoms with Gasteiger partial charge in [-0.1, -0.05) is 0 Å². The van der Waals surface area contributed by atoms with Crippen molar-refractivity contribution in [2.45, 2.75) is 13.3 Å². The van der Waals surface area contributed by atoms with Gasteiger partial charge in [0.05, 0.1) is 19.1 Å². The van der Waals surface area contributed by atoms with E-state index in [9.17, 15) is 14.0 Å². The quantitative estimate of drug-likeness (QED) is 0.713. The molecule has 1 heterocycles. The number of hydrogen-bond acceptors (Lipinski definition) is 3. The van der Waals surface area contributed by atoms with Gasteiger partial charge in [-0.25, -0.2) is 9.18 Å². The Bertz CT molecular complexity index is 945. The lowest BCUT2D eigenvalue weighted by molar-refractivity contribution is -0.115. The number of aryl methyl sites for hydroxylation is 1. The van der Waals surface area contributed by atoms with Gasteiger partial charge in [0, 0.05) is 22.3 Å². The van der Waals surface area contributed by atoms with Crippen molar-refractivity contribution in [3.63, 3.8) is 0 Å². The van der Waals surface area contributed by atoms with E-state index in [-0.39, 0.29) is 18.1 Å². The number of esters is 1. The van der Waals surface area contributed by atoms with Crippen molar-refractivity contribution in [3.05, 3.63) is 65.1 Å². The zero-order chi connectivity index (χ0) is 18.0. The number of methoxy groups -OCH3 is 1. The van der Waals surface area contributed by atoms with E-state index in [4.69, 9.17) is 0 Å². The number of ether oxygens (including phenoxy) is 1. The summed E-state index contributed by atoms with van der Waals surface area (Å²) in [6, 6.07) is 10.9. The molecule has 5 nitrogen and oxygen atoms in total. The molecule has 2 N–H and O–H groups in total. The SMILES string of the molecule is COC(=O)c1ccc(NC(=O)Cc2c(C)[nH]c3ccc(F)cc23)cc1. The lowest BCUT2D eigenvalue weighted by Gasteiger charge is -2.07. The van der Waals surface area contributed by atoms with E-state index in [1.165, 1.54) is 19.2 Å². The lowest BCUT2D eigenvalue weighted by Crippen LogP contribution is -2.15. The van der Waals surface area contributed by atoms with E-state index in [1.807, 2.05) is 6.92 Å². The number of aromatic amines is 1. The second-order valence-electron chi connectivity index (χ2n) is 5.71. The van der Waals surface area contributed by atoms with Gasteiger partial charge in [0.25, 0.3) is 0 Å². The summed E-state index contributed by atoms with van der Waals surface area (Å²) in [5.41, 5.74) is 3.36. The van der Waals surface area contributed by atoms with Crippen LogP contribution in [-0.2, 0) is 16.0 Å². The predicted molar refractivity (Wildman–Crippen MR) is 93.1 cm³/mol. The molecule has 1 aromatic heterocycles. The van der Waals surface area contributed by atoms with Crippen LogP contribution in [0.2, 0.25) is 0 Å². The zero-order valence-corrected chi connectivity index (χ0v) is 13.9. The van der Waals surface area contributed by atoms with Crippen LogP contribution in [-0.4, -0.2) is 24.0 Å². The average molecular weight is 340 g/mol. The number of nitrogens with one attached hydrogen (secondary N) is 2. The molecule has 0 aliphatic carbocycles. The minimum Gasteiger partial charge on any atom is -0.465 e. The first-order valence-electron chi connectivity index (χ1n) is 7.73. The molecule has 0 unspecified atom stereocenters. The van der Waals surface area contributed by atoms with E-state index >= 15 is 0 Å². The fraction of sp³-hybridized carbons (Fsp3) is 0.158. The summed E-state index contributed by atoms with van der Waals surface area (Å²) in [6.07, 6.45) is 0.119. The molecule has 0 spiro atoms. The van der Waals surface area contributed by atoms with Gasteiger partial charge in [-0.05, 0) is 55.0 Å². The van der Waals surface area contributed by atoms with Crippen molar-refractivity contribution in [1.82, 2.24) is 4.98 Å². The van der Waals surface area contributed by atoms with Crippen LogP contribution in [0.5, 0.6) is 0 Å². The van der Waals surface area contributed by atoms with Gasteiger partial charge in [-0.15, -0.1) is 0 Å². The number of rotatable bonds is 4. The molecular formula is C19H17FN2O3. The molecule has 128 valence electrons. The Labute approximate surface area is 143 Å². The molecule has 6 heteroatoms. The summed E-state index contributed by atoms with van der Waals surface area (Å²) in [5, 5.41) is 3.47. The highest BCUT2D eigenvalue weighted by molar-refractivity contribution is 5.97. The van der Waals surface area contributed by atoms with Crippen LogP contribution >= 0.6 is 0 Å². The average Bonchev–Trinajstić information content (AvgIpc) is 2.90. The van der Waals surface area contributed by atoms with Crippen LogP contribution in [0.25, 0.3) is 10.9 Å². The van der Waals surface area contributed by atoms with Crippen LogP contribution in [0, 0.1) is 12.7 Å². The molecule has 0 radical (unpaired) electrons. The maximum atomic E-state index is 13.5. The standard InChI is InChI=1S/C19H17FN2O3/c1-11-15(16-9-13(20)5-8-17(16)21-11)10-18(23)22-14-6-3-12(4-7-14)19(24)25-2/h3-9,21H,10H2,1-2H3,(H,22,23). The summed E-state index contributed by atoms with van der Waals surface area (Å²) in [6.45, 7) is 1.85. The van der Waals surface area contributed by atoms with Gasteiger partial charge in [0.1, 0.15) is 5.82 Å². The number of aromatic nitrogens is 1. The van der Waals surface area contributed by atoms with Crippen LogP contribution in [0.4, 0.5) is 10.1 Å². The first kappa shape index (κ1) is 16.7. The van der Waals surface area contributed by atoms with Gasteiger partial charge in [-0.2, -0.15) is 0 Å². The number of benzene rings is 2. The second kappa shape index (κ2) is 6.76. The largest absolute Gasteiger partial charge is 0.465 e. The Morgan fingerprint density at radius 2 is 1.88 bits per heavy atom. The molecule has 0 fully saturated rings.